The maximum absolute atomic E-state index is 11.3. The van der Waals surface area contributed by atoms with E-state index in [9.17, 15) is 9.90 Å². The Morgan fingerprint density at radius 2 is 1.83 bits per heavy atom. The van der Waals surface area contributed by atoms with E-state index < -0.39 is 11.4 Å². The highest BCUT2D eigenvalue weighted by Gasteiger charge is 2.32. The Morgan fingerprint density at radius 3 is 2.22 bits per heavy atom. The molecule has 1 aromatic rings. The number of aliphatic carboxylic acids is 1. The summed E-state index contributed by atoms with van der Waals surface area (Å²) in [5, 5.41) is 9.31. The van der Waals surface area contributed by atoms with Crippen LogP contribution in [0.25, 0.3) is 0 Å². The van der Waals surface area contributed by atoms with Gasteiger partial charge in [-0.2, -0.15) is 0 Å². The van der Waals surface area contributed by atoms with Gasteiger partial charge in [0.1, 0.15) is 0 Å². The fourth-order valence-corrected chi connectivity index (χ4v) is 2.26. The Balaban J connectivity index is 2.80. The first kappa shape index (κ1) is 14.7. The van der Waals surface area contributed by atoms with Crippen molar-refractivity contribution >= 4 is 5.97 Å². The maximum atomic E-state index is 11.3. The van der Waals surface area contributed by atoms with Crippen molar-refractivity contribution in [2.75, 3.05) is 0 Å². The van der Waals surface area contributed by atoms with Crippen LogP contribution < -0.4 is 0 Å². The average molecular weight is 248 g/mol. The zero-order valence-electron chi connectivity index (χ0n) is 11.9. The summed E-state index contributed by atoms with van der Waals surface area (Å²) in [6, 6.07) is 8.52. The molecule has 0 fully saturated rings. The van der Waals surface area contributed by atoms with Gasteiger partial charge < -0.3 is 5.11 Å². The lowest BCUT2D eigenvalue weighted by Crippen LogP contribution is -2.28. The van der Waals surface area contributed by atoms with E-state index in [1.54, 1.807) is 0 Å². The summed E-state index contributed by atoms with van der Waals surface area (Å²) in [5.41, 5.74) is 1.93. The molecule has 2 atom stereocenters. The number of carbonyl (C=O) groups is 1. The number of aryl methyl sites for hydroxylation is 1. The quantitative estimate of drug-likeness (QED) is 0.817. The summed E-state index contributed by atoms with van der Waals surface area (Å²) < 4.78 is 0. The first-order valence-corrected chi connectivity index (χ1v) is 6.75. The van der Waals surface area contributed by atoms with E-state index in [4.69, 9.17) is 0 Å². The number of hydrogen-bond donors (Lipinski definition) is 1. The van der Waals surface area contributed by atoms with Gasteiger partial charge in [0.05, 0.1) is 5.41 Å². The Labute approximate surface area is 110 Å². The number of carboxylic acid groups (broad SMARTS) is 1. The molecule has 2 heteroatoms. The minimum Gasteiger partial charge on any atom is -0.481 e. The minimum absolute atomic E-state index is 0.275. The summed E-state index contributed by atoms with van der Waals surface area (Å²) in [4.78, 5) is 11.3. The fourth-order valence-electron chi connectivity index (χ4n) is 2.26. The van der Waals surface area contributed by atoms with Crippen molar-refractivity contribution < 1.29 is 9.90 Å². The molecule has 0 aliphatic rings. The lowest BCUT2D eigenvalue weighted by Gasteiger charge is -2.27. The first-order valence-electron chi connectivity index (χ1n) is 6.75. The molecule has 0 aliphatic carbocycles. The lowest BCUT2D eigenvalue weighted by molar-refractivity contribution is -0.148. The molecule has 0 aliphatic heterocycles. The normalized spacial score (nSPS) is 16.0. The van der Waals surface area contributed by atoms with Gasteiger partial charge in [-0.25, -0.2) is 0 Å². The van der Waals surface area contributed by atoms with Crippen LogP contribution in [-0.2, 0) is 11.2 Å². The molecule has 0 aromatic heterocycles. The van der Waals surface area contributed by atoms with E-state index in [0.29, 0.717) is 12.8 Å². The summed E-state index contributed by atoms with van der Waals surface area (Å²) >= 11 is 0. The molecule has 0 heterocycles. The van der Waals surface area contributed by atoms with E-state index >= 15 is 0 Å². The van der Waals surface area contributed by atoms with Gasteiger partial charge in [0.2, 0.25) is 0 Å². The number of carboxylic acids is 1. The third-order valence-electron chi connectivity index (χ3n) is 4.01. The van der Waals surface area contributed by atoms with Crippen LogP contribution in [0.2, 0.25) is 0 Å². The molecule has 1 rings (SSSR count). The highest BCUT2D eigenvalue weighted by molar-refractivity contribution is 5.74. The Bertz CT molecular complexity index is 394. The molecule has 0 bridgehead atoms. The number of rotatable bonds is 6. The summed E-state index contributed by atoms with van der Waals surface area (Å²) in [5.74, 6) is -0.418. The molecule has 18 heavy (non-hydrogen) atoms. The van der Waals surface area contributed by atoms with Crippen LogP contribution in [-0.4, -0.2) is 11.1 Å². The van der Waals surface area contributed by atoms with Gasteiger partial charge >= 0.3 is 5.97 Å². The third-order valence-corrected chi connectivity index (χ3v) is 4.01. The molecule has 0 amide bonds. The molecule has 2 nitrogen and oxygen atoms in total. The SMILES string of the molecule is CCc1ccc(C(C)CC(C)(CC)C(=O)O)cc1. The summed E-state index contributed by atoms with van der Waals surface area (Å²) in [6.45, 7) is 8.03. The standard InChI is InChI=1S/C16H24O2/c1-5-13-7-9-14(10-8-13)12(3)11-16(4,6-2)15(17)18/h7-10,12H,5-6,11H2,1-4H3,(H,17,18). The van der Waals surface area contributed by atoms with Crippen LogP contribution in [0.3, 0.4) is 0 Å². The lowest BCUT2D eigenvalue weighted by atomic mass is 9.77. The monoisotopic (exact) mass is 248 g/mol. The Hall–Kier alpha value is -1.31. The molecule has 0 saturated carbocycles. The van der Waals surface area contributed by atoms with Gasteiger partial charge in [-0.3, -0.25) is 4.79 Å². The Morgan fingerprint density at radius 1 is 1.28 bits per heavy atom. The highest BCUT2D eigenvalue weighted by Crippen LogP contribution is 2.34. The van der Waals surface area contributed by atoms with Crippen LogP contribution in [0.5, 0.6) is 0 Å². The fraction of sp³-hybridized carbons (Fsp3) is 0.562. The molecule has 0 saturated heterocycles. The van der Waals surface area contributed by atoms with Gasteiger partial charge in [0, 0.05) is 0 Å². The van der Waals surface area contributed by atoms with E-state index in [-0.39, 0.29) is 5.92 Å². The van der Waals surface area contributed by atoms with Crippen molar-refractivity contribution in [3.8, 4) is 0 Å². The largest absolute Gasteiger partial charge is 0.481 e. The van der Waals surface area contributed by atoms with Crippen LogP contribution >= 0.6 is 0 Å². The van der Waals surface area contributed by atoms with Crippen LogP contribution in [0.1, 0.15) is 57.6 Å². The molecule has 2 unspecified atom stereocenters. The van der Waals surface area contributed by atoms with Crippen molar-refractivity contribution in [2.45, 2.75) is 52.9 Å². The second-order valence-electron chi connectivity index (χ2n) is 5.42. The van der Waals surface area contributed by atoms with Gasteiger partial charge in [-0.05, 0) is 43.2 Å². The van der Waals surface area contributed by atoms with Gasteiger partial charge in [0.15, 0.2) is 0 Å². The molecular formula is C16H24O2. The zero-order chi connectivity index (χ0) is 13.8. The van der Waals surface area contributed by atoms with E-state index in [1.165, 1.54) is 11.1 Å². The van der Waals surface area contributed by atoms with Gasteiger partial charge in [0.25, 0.3) is 0 Å². The first-order chi connectivity index (χ1) is 8.42. The predicted molar refractivity (Wildman–Crippen MR) is 74.9 cm³/mol. The number of hydrogen-bond acceptors (Lipinski definition) is 1. The molecule has 0 radical (unpaired) electrons. The highest BCUT2D eigenvalue weighted by atomic mass is 16.4. The van der Waals surface area contributed by atoms with E-state index in [0.717, 1.165) is 6.42 Å². The van der Waals surface area contributed by atoms with Crippen LogP contribution in [0, 0.1) is 5.41 Å². The van der Waals surface area contributed by atoms with Gasteiger partial charge in [-0.15, -0.1) is 0 Å². The Kier molecular flexibility index (Phi) is 4.94. The van der Waals surface area contributed by atoms with Crippen LogP contribution in [0.4, 0.5) is 0 Å². The maximum Gasteiger partial charge on any atom is 0.309 e. The average Bonchev–Trinajstić information content (AvgIpc) is 2.38. The van der Waals surface area contributed by atoms with Crippen molar-refractivity contribution in [3.63, 3.8) is 0 Å². The number of benzene rings is 1. The van der Waals surface area contributed by atoms with Crippen molar-refractivity contribution in [2.24, 2.45) is 5.41 Å². The molecule has 1 aromatic carbocycles. The minimum atomic E-state index is -0.693. The van der Waals surface area contributed by atoms with Crippen LogP contribution in [0.15, 0.2) is 24.3 Å². The molecular weight excluding hydrogens is 224 g/mol. The smallest absolute Gasteiger partial charge is 0.309 e. The van der Waals surface area contributed by atoms with E-state index in [2.05, 4.69) is 38.1 Å². The van der Waals surface area contributed by atoms with E-state index in [1.807, 2.05) is 13.8 Å². The summed E-state index contributed by atoms with van der Waals surface area (Å²) in [6.07, 6.45) is 2.39. The van der Waals surface area contributed by atoms with Crippen molar-refractivity contribution in [1.29, 1.82) is 0 Å². The topological polar surface area (TPSA) is 37.3 Å². The zero-order valence-corrected chi connectivity index (χ0v) is 11.9. The van der Waals surface area contributed by atoms with Crippen molar-refractivity contribution in [3.05, 3.63) is 35.4 Å². The second kappa shape index (κ2) is 6.03. The van der Waals surface area contributed by atoms with Gasteiger partial charge in [-0.1, -0.05) is 45.0 Å². The second-order valence-corrected chi connectivity index (χ2v) is 5.42. The predicted octanol–water partition coefficient (Wildman–Crippen LogP) is 4.24. The van der Waals surface area contributed by atoms with Crippen molar-refractivity contribution in [1.82, 2.24) is 0 Å². The summed E-state index contributed by atoms with van der Waals surface area (Å²) in [7, 11) is 0. The molecule has 1 N–H and O–H groups in total. The molecule has 0 spiro atoms. The third kappa shape index (κ3) is 3.34. The molecule has 100 valence electrons.